The van der Waals surface area contributed by atoms with Gasteiger partial charge in [0.05, 0.1) is 6.54 Å². The predicted octanol–water partition coefficient (Wildman–Crippen LogP) is 1.28. The number of hydrogen-bond donors (Lipinski definition) is 1. The smallest absolute Gasteiger partial charge is 0.191 e. The zero-order valence-corrected chi connectivity index (χ0v) is 10.8. The minimum atomic E-state index is 0.445. The van der Waals surface area contributed by atoms with Gasteiger partial charge < -0.3 is 15.0 Å². The Hall–Kier alpha value is -0.590. The van der Waals surface area contributed by atoms with Crippen molar-refractivity contribution < 1.29 is 4.74 Å². The van der Waals surface area contributed by atoms with Crippen LogP contribution in [0.3, 0.4) is 0 Å². The van der Waals surface area contributed by atoms with Gasteiger partial charge in [0, 0.05) is 25.5 Å². The molecule has 0 saturated heterocycles. The van der Waals surface area contributed by atoms with E-state index in [0.29, 0.717) is 6.54 Å². The van der Waals surface area contributed by atoms with Crippen molar-refractivity contribution in [3.63, 3.8) is 0 Å². The summed E-state index contributed by atoms with van der Waals surface area (Å²) in [5, 5.41) is 9.14. The van der Waals surface area contributed by atoms with Gasteiger partial charge in [0.1, 0.15) is 5.82 Å². The minimum Gasteiger partial charge on any atom is -0.382 e. The number of aromatic nitrogens is 3. The summed E-state index contributed by atoms with van der Waals surface area (Å²) in [7, 11) is 0. The Morgan fingerprint density at radius 2 is 2.19 bits per heavy atom. The van der Waals surface area contributed by atoms with Crippen molar-refractivity contribution in [1.82, 2.24) is 14.8 Å². The second-order valence-electron chi connectivity index (χ2n) is 3.25. The summed E-state index contributed by atoms with van der Waals surface area (Å²) in [5.41, 5.74) is 5.58. The largest absolute Gasteiger partial charge is 0.382 e. The SMILES string of the molecule is CCOCCCSc1nnc(CN)n1CC. The number of hydrogen-bond acceptors (Lipinski definition) is 5. The second kappa shape index (κ2) is 7.65. The van der Waals surface area contributed by atoms with Crippen LogP contribution in [0.15, 0.2) is 5.16 Å². The van der Waals surface area contributed by atoms with Crippen molar-refractivity contribution in [3.05, 3.63) is 5.82 Å². The zero-order chi connectivity index (χ0) is 11.8. The summed E-state index contributed by atoms with van der Waals surface area (Å²) in [6.07, 6.45) is 1.03. The molecule has 1 aromatic heterocycles. The molecule has 0 aliphatic carbocycles. The lowest BCUT2D eigenvalue weighted by atomic mass is 10.5. The van der Waals surface area contributed by atoms with Crippen LogP contribution in [0.25, 0.3) is 0 Å². The van der Waals surface area contributed by atoms with Crippen molar-refractivity contribution >= 4 is 11.8 Å². The van der Waals surface area contributed by atoms with Crippen LogP contribution in [0.4, 0.5) is 0 Å². The van der Waals surface area contributed by atoms with Crippen LogP contribution < -0.4 is 5.73 Å². The van der Waals surface area contributed by atoms with Crippen LogP contribution in [-0.4, -0.2) is 33.7 Å². The van der Waals surface area contributed by atoms with Gasteiger partial charge in [0.25, 0.3) is 0 Å². The molecule has 1 rings (SSSR count). The molecule has 16 heavy (non-hydrogen) atoms. The molecule has 92 valence electrons. The highest BCUT2D eigenvalue weighted by Crippen LogP contribution is 2.17. The molecule has 0 aliphatic heterocycles. The Labute approximate surface area is 101 Å². The Morgan fingerprint density at radius 3 is 2.81 bits per heavy atom. The normalized spacial score (nSPS) is 10.9. The molecule has 0 saturated carbocycles. The Morgan fingerprint density at radius 1 is 1.38 bits per heavy atom. The second-order valence-corrected chi connectivity index (χ2v) is 4.31. The highest BCUT2D eigenvalue weighted by molar-refractivity contribution is 7.99. The fraction of sp³-hybridized carbons (Fsp3) is 0.800. The molecule has 0 atom stereocenters. The Balaban J connectivity index is 2.38. The van der Waals surface area contributed by atoms with Gasteiger partial charge in [-0.1, -0.05) is 11.8 Å². The number of ether oxygens (including phenoxy) is 1. The third-order valence-electron chi connectivity index (χ3n) is 2.16. The molecule has 0 unspecified atom stereocenters. The molecule has 0 aliphatic rings. The predicted molar refractivity (Wildman–Crippen MR) is 65.4 cm³/mol. The van der Waals surface area contributed by atoms with Gasteiger partial charge in [-0.05, 0) is 20.3 Å². The van der Waals surface area contributed by atoms with E-state index in [1.54, 1.807) is 11.8 Å². The van der Waals surface area contributed by atoms with Crippen LogP contribution in [0, 0.1) is 0 Å². The standard InChI is InChI=1S/C10H20N4OS/c1-3-14-9(8-11)12-13-10(14)16-7-5-6-15-4-2/h3-8,11H2,1-2H3. The van der Waals surface area contributed by atoms with E-state index in [0.717, 1.165) is 42.9 Å². The maximum absolute atomic E-state index is 5.58. The zero-order valence-electron chi connectivity index (χ0n) is 9.98. The number of thioether (sulfide) groups is 1. The first-order valence-electron chi connectivity index (χ1n) is 5.66. The molecule has 5 nitrogen and oxygen atoms in total. The van der Waals surface area contributed by atoms with E-state index >= 15 is 0 Å². The van der Waals surface area contributed by atoms with E-state index in [9.17, 15) is 0 Å². The minimum absolute atomic E-state index is 0.445. The highest BCUT2D eigenvalue weighted by atomic mass is 32.2. The quantitative estimate of drug-likeness (QED) is 0.551. The molecule has 0 bridgehead atoms. The summed E-state index contributed by atoms with van der Waals surface area (Å²) in [6, 6.07) is 0. The lowest BCUT2D eigenvalue weighted by Crippen LogP contribution is -2.08. The van der Waals surface area contributed by atoms with Gasteiger partial charge in [-0.2, -0.15) is 0 Å². The van der Waals surface area contributed by atoms with Crippen molar-refractivity contribution in [3.8, 4) is 0 Å². The molecule has 1 aromatic rings. The van der Waals surface area contributed by atoms with Crippen molar-refractivity contribution in [2.45, 2.75) is 38.5 Å². The summed E-state index contributed by atoms with van der Waals surface area (Å²) in [4.78, 5) is 0. The van der Waals surface area contributed by atoms with Gasteiger partial charge in [-0.3, -0.25) is 0 Å². The molecule has 0 spiro atoms. The molecule has 0 amide bonds. The fourth-order valence-electron chi connectivity index (χ4n) is 1.36. The van der Waals surface area contributed by atoms with Crippen molar-refractivity contribution in [2.24, 2.45) is 5.73 Å². The van der Waals surface area contributed by atoms with E-state index in [-0.39, 0.29) is 0 Å². The lowest BCUT2D eigenvalue weighted by molar-refractivity contribution is 0.149. The van der Waals surface area contributed by atoms with Crippen molar-refractivity contribution in [1.29, 1.82) is 0 Å². The molecule has 0 radical (unpaired) electrons. The van der Waals surface area contributed by atoms with Crippen molar-refractivity contribution in [2.75, 3.05) is 19.0 Å². The molecular weight excluding hydrogens is 224 g/mol. The molecule has 0 fully saturated rings. The van der Waals surface area contributed by atoms with Gasteiger partial charge in [-0.15, -0.1) is 10.2 Å². The first-order valence-corrected chi connectivity index (χ1v) is 6.64. The number of nitrogens with two attached hydrogens (primary N) is 1. The number of nitrogens with zero attached hydrogens (tertiary/aromatic N) is 3. The van der Waals surface area contributed by atoms with Crippen LogP contribution >= 0.6 is 11.8 Å². The van der Waals surface area contributed by atoms with Gasteiger partial charge in [0.2, 0.25) is 0 Å². The first kappa shape index (κ1) is 13.5. The number of rotatable bonds is 8. The van der Waals surface area contributed by atoms with Gasteiger partial charge >= 0.3 is 0 Å². The Kier molecular flexibility index (Phi) is 6.44. The average Bonchev–Trinajstić information content (AvgIpc) is 2.71. The monoisotopic (exact) mass is 244 g/mol. The van der Waals surface area contributed by atoms with Crippen LogP contribution in [0.5, 0.6) is 0 Å². The topological polar surface area (TPSA) is 66.0 Å². The summed E-state index contributed by atoms with van der Waals surface area (Å²) >= 11 is 1.71. The van der Waals surface area contributed by atoms with E-state index in [4.69, 9.17) is 10.5 Å². The molecule has 0 aromatic carbocycles. The van der Waals surface area contributed by atoms with Gasteiger partial charge in [-0.25, -0.2) is 0 Å². The van der Waals surface area contributed by atoms with E-state index in [1.807, 2.05) is 6.92 Å². The lowest BCUT2D eigenvalue weighted by Gasteiger charge is -2.05. The summed E-state index contributed by atoms with van der Waals surface area (Å²) in [6.45, 7) is 7.00. The summed E-state index contributed by atoms with van der Waals surface area (Å²) in [5.74, 6) is 1.86. The Bertz CT molecular complexity index is 303. The van der Waals surface area contributed by atoms with Crippen LogP contribution in [-0.2, 0) is 17.8 Å². The average molecular weight is 244 g/mol. The van der Waals surface area contributed by atoms with Crippen LogP contribution in [0.1, 0.15) is 26.1 Å². The molecule has 6 heteroatoms. The highest BCUT2D eigenvalue weighted by Gasteiger charge is 2.08. The fourth-order valence-corrected chi connectivity index (χ4v) is 2.30. The third kappa shape index (κ3) is 3.77. The van der Waals surface area contributed by atoms with E-state index in [1.165, 1.54) is 0 Å². The first-order chi connectivity index (χ1) is 7.83. The van der Waals surface area contributed by atoms with Crippen LogP contribution in [0.2, 0.25) is 0 Å². The maximum atomic E-state index is 5.58. The van der Waals surface area contributed by atoms with E-state index < -0.39 is 0 Å². The maximum Gasteiger partial charge on any atom is 0.191 e. The summed E-state index contributed by atoms with van der Waals surface area (Å²) < 4.78 is 7.34. The molecule has 2 N–H and O–H groups in total. The van der Waals surface area contributed by atoms with Gasteiger partial charge in [0.15, 0.2) is 5.16 Å². The van der Waals surface area contributed by atoms with E-state index in [2.05, 4.69) is 21.7 Å². The molecular formula is C10H20N4OS. The third-order valence-corrected chi connectivity index (χ3v) is 3.21. The molecule has 1 heterocycles.